The Kier molecular flexibility index (Phi) is 24.7. The first kappa shape index (κ1) is 43.4. The highest BCUT2D eigenvalue weighted by Gasteiger charge is 2.12. The molecule has 0 radical (unpaired) electrons. The summed E-state index contributed by atoms with van der Waals surface area (Å²) >= 11 is 37.5. The summed E-state index contributed by atoms with van der Waals surface area (Å²) < 4.78 is 45.5. The topological polar surface area (TPSA) is 55.4 Å². The van der Waals surface area contributed by atoms with Gasteiger partial charge in [-0.05, 0) is 0 Å². The number of fused-ring (bicyclic) bond motifs is 3. The van der Waals surface area contributed by atoms with Crippen molar-refractivity contribution in [1.29, 1.82) is 0 Å². The Morgan fingerprint density at radius 2 is 0.438 bits per heavy atom. The molecule has 0 aromatic carbocycles. The predicted octanol–water partition coefficient (Wildman–Crippen LogP) is 11.3. The van der Waals surface area contributed by atoms with Crippen LogP contribution in [0.2, 0.25) is 0 Å². The van der Waals surface area contributed by atoms with Gasteiger partial charge in [0.25, 0.3) is 0 Å². The van der Waals surface area contributed by atoms with Gasteiger partial charge in [-0.25, -0.2) is 0 Å². The first-order valence-corrected chi connectivity index (χ1v) is 26.8. The highest BCUT2D eigenvalue weighted by molar-refractivity contribution is 8.06. The second-order valence-electron chi connectivity index (χ2n) is 8.85. The molecule has 4 rings (SSSR count). The highest BCUT2D eigenvalue weighted by Crippen LogP contribution is 2.42. The molecule has 0 amide bonds. The third-order valence-electron chi connectivity index (χ3n) is 5.44. The highest BCUT2D eigenvalue weighted by atomic mass is 32.2. The average Bonchev–Trinajstić information content (AvgIpc) is 3.73. The Morgan fingerprint density at radius 1 is 0.271 bits per heavy atom. The maximum atomic E-state index is 5.82. The predicted molar refractivity (Wildman–Crippen MR) is 228 cm³/mol. The van der Waals surface area contributed by atoms with E-state index in [4.69, 9.17) is 65.1 Å². The summed E-state index contributed by atoms with van der Waals surface area (Å²) in [5, 5.41) is 0. The molecule has 0 saturated carbocycles. The van der Waals surface area contributed by atoms with Crippen molar-refractivity contribution in [3.63, 3.8) is 0 Å². The molecule has 4 heterocycles. The zero-order valence-corrected chi connectivity index (χ0v) is 38.0. The largest absolute Gasteiger partial charge is 0.378 e. The minimum absolute atomic E-state index is 0.598. The van der Waals surface area contributed by atoms with Gasteiger partial charge in [0.1, 0.15) is 9.41 Å². The van der Waals surface area contributed by atoms with Crippen LogP contribution in [0.5, 0.6) is 0 Å². The first-order valence-electron chi connectivity index (χ1n) is 14.7. The van der Waals surface area contributed by atoms with Crippen LogP contribution in [0.15, 0.2) is 25.3 Å². The van der Waals surface area contributed by atoms with Crippen LogP contribution in [0.4, 0.5) is 0 Å². The minimum atomic E-state index is 0.598. The molecule has 6 nitrogen and oxygen atoms in total. The van der Waals surface area contributed by atoms with Gasteiger partial charge in [-0.15, -0.1) is 139 Å². The van der Waals surface area contributed by atoms with Crippen molar-refractivity contribution in [2.24, 2.45) is 0 Å². The maximum absolute atomic E-state index is 5.82. The average molecular weight is 938 g/mol. The fourth-order valence-corrected chi connectivity index (χ4v) is 21.3. The van der Waals surface area contributed by atoms with Crippen LogP contribution in [0.1, 0.15) is 0 Å². The molecule has 3 aromatic rings. The molecule has 48 heavy (non-hydrogen) atoms. The molecular weight excluding hydrogens is 901 g/mol. The molecule has 3 aromatic heterocycles. The number of hydrogen-bond acceptors (Lipinski definition) is 21. The van der Waals surface area contributed by atoms with Crippen molar-refractivity contribution in [1.82, 2.24) is 0 Å². The van der Waals surface area contributed by atoms with Crippen LogP contribution in [-0.2, 0) is 28.4 Å². The molecule has 0 saturated heterocycles. The van der Waals surface area contributed by atoms with E-state index in [1.54, 1.807) is 68.0 Å². The van der Waals surface area contributed by atoms with Crippen LogP contribution >= 0.6 is 175 Å². The van der Waals surface area contributed by atoms with E-state index >= 15 is 0 Å². The summed E-state index contributed by atoms with van der Waals surface area (Å²) in [6, 6.07) is 0. The van der Waals surface area contributed by atoms with E-state index in [0.717, 1.165) is 43.9 Å². The summed E-state index contributed by atoms with van der Waals surface area (Å²) in [5.41, 5.74) is 0. The lowest BCUT2D eigenvalue weighted by Crippen LogP contribution is -2.08. The van der Waals surface area contributed by atoms with E-state index < -0.39 is 0 Å². The van der Waals surface area contributed by atoms with Crippen LogP contribution in [0, 0.1) is 9.41 Å². The molecule has 0 fully saturated rings. The molecule has 0 atom stereocenters. The van der Waals surface area contributed by atoms with Gasteiger partial charge in [-0.2, -0.15) is 0 Å². The molecule has 1 aliphatic heterocycles. The van der Waals surface area contributed by atoms with Crippen molar-refractivity contribution in [2.75, 3.05) is 114 Å². The van der Waals surface area contributed by atoms with Gasteiger partial charge in [0, 0.05) is 34.5 Å². The minimum Gasteiger partial charge on any atom is -0.378 e. The molecule has 21 heteroatoms. The number of rotatable bonds is 0. The lowest BCUT2D eigenvalue weighted by atomic mass is 10.7. The molecule has 0 unspecified atom stereocenters. The van der Waals surface area contributed by atoms with E-state index in [1.807, 2.05) is 70.6 Å². The summed E-state index contributed by atoms with van der Waals surface area (Å²) in [4.78, 5) is 0. The Bertz CT molecular complexity index is 1190. The Balaban J connectivity index is 1.19. The van der Waals surface area contributed by atoms with E-state index in [2.05, 4.69) is 0 Å². The molecule has 0 aliphatic carbocycles. The molecule has 0 N–H and O–H groups in total. The third kappa shape index (κ3) is 18.3. The zero-order chi connectivity index (χ0) is 33.7. The molecule has 1 aliphatic rings. The van der Waals surface area contributed by atoms with Gasteiger partial charge >= 0.3 is 0 Å². The molecular formula is C27H36O6S15. The van der Waals surface area contributed by atoms with Gasteiger partial charge in [-0.3, -0.25) is 0 Å². The maximum Gasteiger partial charge on any atom is 0.145 e. The Labute approximate surface area is 347 Å². The fraction of sp³-hybridized carbons (Fsp3) is 0.667. The van der Waals surface area contributed by atoms with Crippen molar-refractivity contribution in [3.05, 3.63) is 9.41 Å². The van der Waals surface area contributed by atoms with Crippen LogP contribution < -0.4 is 0 Å². The second kappa shape index (κ2) is 27.3. The standard InChI is InChI=1S/C27H36O6S15/c34-25-43-19-20(44-25)39-15-9-30-3-4-32-11-17-41-23-24(48-27(36)47-23)42-18-12-33-6-5-31-10-16-40-22-21(45-26(35)46-22)38-14-8-29-2-1-28-7-13-37-19/h1-18H2. The van der Waals surface area contributed by atoms with Crippen molar-refractivity contribution in [2.45, 2.75) is 25.3 Å². The molecule has 270 valence electrons. The monoisotopic (exact) mass is 936 g/mol. The lowest BCUT2D eigenvalue weighted by Gasteiger charge is -2.08. The zero-order valence-electron chi connectivity index (χ0n) is 25.8. The summed E-state index contributed by atoms with van der Waals surface area (Å²) in [7, 11) is 0. The normalized spacial score (nSPS) is 19.5. The van der Waals surface area contributed by atoms with Crippen molar-refractivity contribution >= 4 is 175 Å². The summed E-state index contributed by atoms with van der Waals surface area (Å²) in [6.45, 7) is 7.68. The number of ether oxygens (including phenoxy) is 6. The van der Waals surface area contributed by atoms with E-state index in [9.17, 15) is 0 Å². The first-order chi connectivity index (χ1) is 23.6. The number of thioether (sulfide) groups is 6. The second-order valence-corrected chi connectivity index (χ2v) is 26.7. The van der Waals surface area contributed by atoms with Gasteiger partial charge < -0.3 is 28.4 Å². The van der Waals surface area contributed by atoms with Gasteiger partial charge in [0.2, 0.25) is 0 Å². The molecule has 0 bridgehead atoms. The van der Waals surface area contributed by atoms with Crippen molar-refractivity contribution in [3.8, 4) is 0 Å². The Morgan fingerprint density at radius 3 is 0.604 bits per heavy atom. The van der Waals surface area contributed by atoms with E-state index in [0.29, 0.717) is 79.3 Å². The summed E-state index contributed by atoms with van der Waals surface area (Å²) in [6.07, 6.45) is 0. The van der Waals surface area contributed by atoms with Gasteiger partial charge in [-0.1, -0.05) is 36.7 Å². The Hall–Kier alpha value is 2.67. The van der Waals surface area contributed by atoms with Crippen LogP contribution in [-0.4, -0.2) is 114 Å². The smallest absolute Gasteiger partial charge is 0.145 e. The quantitative estimate of drug-likeness (QED) is 0.201. The van der Waals surface area contributed by atoms with Crippen molar-refractivity contribution < 1.29 is 28.4 Å². The van der Waals surface area contributed by atoms with Gasteiger partial charge in [0.15, 0.2) is 0 Å². The third-order valence-corrected chi connectivity index (χ3v) is 22.0. The van der Waals surface area contributed by atoms with E-state index in [1.165, 1.54) is 25.3 Å². The lowest BCUT2D eigenvalue weighted by molar-refractivity contribution is 0.0604. The number of hydrogen-bond donors (Lipinski definition) is 0. The fourth-order valence-electron chi connectivity index (χ4n) is 3.42. The van der Waals surface area contributed by atoms with Crippen LogP contribution in [0.3, 0.4) is 0 Å². The summed E-state index contributed by atoms with van der Waals surface area (Å²) in [5.74, 6) is 5.34. The van der Waals surface area contributed by atoms with Crippen LogP contribution in [0.25, 0.3) is 0 Å². The van der Waals surface area contributed by atoms with Gasteiger partial charge in [0.05, 0.1) is 105 Å². The van der Waals surface area contributed by atoms with E-state index in [-0.39, 0.29) is 0 Å². The molecule has 0 spiro atoms. The SMILES string of the molecule is S=c1sc2c(s1)SCCOCCOCCSc1sc(=S)sc1SCCOCCOCCSc1sc(=S)sc1SCCOCCOCCS2.